The average Bonchev–Trinajstić information content (AvgIpc) is 2.45. The predicted octanol–water partition coefficient (Wildman–Crippen LogP) is 1.70. The monoisotopic (exact) mass is 286 g/mol. The van der Waals surface area contributed by atoms with E-state index in [1.54, 1.807) is 13.0 Å². The van der Waals surface area contributed by atoms with Crippen LogP contribution >= 0.6 is 0 Å². The maximum absolute atomic E-state index is 9.10. The summed E-state index contributed by atoms with van der Waals surface area (Å²) in [7, 11) is 0. The van der Waals surface area contributed by atoms with Crippen LogP contribution in [0, 0.1) is 19.3 Å². The lowest BCUT2D eigenvalue weighted by atomic mass is 10.1. The van der Waals surface area contributed by atoms with Crippen molar-refractivity contribution >= 4 is 5.84 Å². The van der Waals surface area contributed by atoms with Crippen LogP contribution in [0.1, 0.15) is 22.4 Å². The smallest absolute Gasteiger partial charge is 0.250 e. The largest absolute Gasteiger partial charge is 0.437 e. The van der Waals surface area contributed by atoms with Crippen LogP contribution in [0.5, 0.6) is 11.6 Å². The van der Waals surface area contributed by atoms with Gasteiger partial charge in [0, 0.05) is 6.61 Å². The molecule has 0 radical (unpaired) electrons. The number of nitrogens with two attached hydrogens (primary N) is 1. The number of aliphatic hydroxyl groups is 1. The van der Waals surface area contributed by atoms with E-state index in [1.165, 1.54) is 0 Å². The fourth-order valence-corrected chi connectivity index (χ4v) is 2.01. The van der Waals surface area contributed by atoms with Crippen LogP contribution in [0.4, 0.5) is 0 Å². The van der Waals surface area contributed by atoms with Gasteiger partial charge in [-0.2, -0.15) is 5.10 Å². The number of rotatable bonds is 5. The van der Waals surface area contributed by atoms with E-state index in [0.29, 0.717) is 23.4 Å². The van der Waals surface area contributed by atoms with Crippen LogP contribution < -0.4 is 10.5 Å². The molecule has 6 nitrogen and oxygen atoms in total. The van der Waals surface area contributed by atoms with E-state index < -0.39 is 0 Å². The number of aliphatic hydroxyl groups excluding tert-OH is 1. The van der Waals surface area contributed by atoms with Gasteiger partial charge in [-0.1, -0.05) is 18.2 Å². The van der Waals surface area contributed by atoms with Gasteiger partial charge in [0.25, 0.3) is 0 Å². The van der Waals surface area contributed by atoms with Gasteiger partial charge in [-0.25, -0.2) is 0 Å². The highest BCUT2D eigenvalue weighted by molar-refractivity contribution is 5.98. The Kier molecular flexibility index (Phi) is 4.49. The van der Waals surface area contributed by atoms with E-state index in [2.05, 4.69) is 10.2 Å². The van der Waals surface area contributed by atoms with Crippen LogP contribution in [0.3, 0.4) is 0 Å². The number of para-hydroxylation sites is 1. The molecule has 0 spiro atoms. The van der Waals surface area contributed by atoms with Gasteiger partial charge >= 0.3 is 0 Å². The maximum Gasteiger partial charge on any atom is 0.250 e. The van der Waals surface area contributed by atoms with Gasteiger partial charge in [-0.05, 0) is 37.5 Å². The first kappa shape index (κ1) is 14.9. The minimum absolute atomic E-state index is 0.0263. The molecule has 2 rings (SSSR count). The van der Waals surface area contributed by atoms with Crippen LogP contribution in [0.25, 0.3) is 0 Å². The maximum atomic E-state index is 9.10. The zero-order valence-electron chi connectivity index (χ0n) is 12.1. The van der Waals surface area contributed by atoms with Crippen LogP contribution in [-0.2, 0) is 6.42 Å². The second-order valence-electron chi connectivity index (χ2n) is 4.69. The quantitative estimate of drug-likeness (QED) is 0.573. The topological polar surface area (TPSA) is 105 Å². The summed E-state index contributed by atoms with van der Waals surface area (Å²) in [6.07, 6.45) is 0.476. The Bertz CT molecular complexity index is 671. The van der Waals surface area contributed by atoms with E-state index in [9.17, 15) is 0 Å². The lowest BCUT2D eigenvalue weighted by Crippen LogP contribution is -2.17. The highest BCUT2D eigenvalue weighted by Crippen LogP contribution is 2.28. The molecule has 0 bridgehead atoms. The number of hydrogen-bond acceptors (Lipinski definition) is 5. The minimum Gasteiger partial charge on any atom is -0.437 e. The highest BCUT2D eigenvalue weighted by atomic mass is 16.5. The molecule has 110 valence electrons. The molecule has 4 N–H and O–H groups in total. The van der Waals surface area contributed by atoms with Crippen LogP contribution in [0.15, 0.2) is 24.3 Å². The number of aromatic nitrogens is 2. The van der Waals surface area contributed by atoms with Gasteiger partial charge in [0.1, 0.15) is 11.6 Å². The molecule has 6 heteroatoms. The number of hydrogen-bond donors (Lipinski definition) is 3. The van der Waals surface area contributed by atoms with Gasteiger partial charge in [0.15, 0.2) is 0 Å². The van der Waals surface area contributed by atoms with Crippen LogP contribution in [-0.4, -0.2) is 27.7 Å². The number of nitrogens with one attached hydrogen (secondary N) is 1. The molecule has 0 fully saturated rings. The summed E-state index contributed by atoms with van der Waals surface area (Å²) in [5.41, 5.74) is 8.41. The fraction of sp³-hybridized carbons (Fsp3) is 0.267. The normalized spacial score (nSPS) is 10.4. The third kappa shape index (κ3) is 3.17. The van der Waals surface area contributed by atoms with Gasteiger partial charge in [-0.15, -0.1) is 5.10 Å². The molecule has 0 aliphatic heterocycles. The molecule has 0 aliphatic rings. The summed E-state index contributed by atoms with van der Waals surface area (Å²) in [5, 5.41) is 24.8. The molecular formula is C15H18N4O2. The third-order valence-corrected chi connectivity index (χ3v) is 3.25. The number of amidine groups is 1. The molecule has 0 atom stereocenters. The van der Waals surface area contributed by atoms with E-state index in [0.717, 1.165) is 11.1 Å². The van der Waals surface area contributed by atoms with Crippen molar-refractivity contribution in [2.24, 2.45) is 5.73 Å². The van der Waals surface area contributed by atoms with Gasteiger partial charge < -0.3 is 15.6 Å². The third-order valence-electron chi connectivity index (χ3n) is 3.25. The Morgan fingerprint density at radius 1 is 1.29 bits per heavy atom. The molecule has 0 amide bonds. The summed E-state index contributed by atoms with van der Waals surface area (Å²) in [6, 6.07) is 7.35. The molecule has 0 saturated carbocycles. The number of nitrogen functional groups attached to an aromatic ring is 1. The first-order chi connectivity index (χ1) is 10.0. The Morgan fingerprint density at radius 3 is 2.67 bits per heavy atom. The summed E-state index contributed by atoms with van der Waals surface area (Å²) >= 11 is 0. The molecule has 2 aromatic rings. The zero-order chi connectivity index (χ0) is 15.4. The second-order valence-corrected chi connectivity index (χ2v) is 4.69. The molecule has 21 heavy (non-hydrogen) atoms. The highest BCUT2D eigenvalue weighted by Gasteiger charge is 2.16. The lowest BCUT2D eigenvalue weighted by Gasteiger charge is -2.14. The molecule has 1 aromatic carbocycles. The van der Waals surface area contributed by atoms with E-state index in [1.807, 2.05) is 25.1 Å². The molecule has 0 saturated heterocycles. The first-order valence-corrected chi connectivity index (χ1v) is 6.59. The molecule has 0 aliphatic carbocycles. The van der Waals surface area contributed by atoms with Crippen molar-refractivity contribution in [1.29, 1.82) is 5.41 Å². The summed E-state index contributed by atoms with van der Waals surface area (Å²) in [4.78, 5) is 0. The van der Waals surface area contributed by atoms with Crippen LogP contribution in [0.2, 0.25) is 0 Å². The molecule has 1 aromatic heterocycles. The SMILES string of the molecule is Cc1nnc(Oc2ccccc2CCO)c(C(=N)N)c1C. The molecule has 0 unspecified atom stereocenters. The van der Waals surface area contributed by atoms with Crippen molar-refractivity contribution in [3.63, 3.8) is 0 Å². The number of benzene rings is 1. The second kappa shape index (κ2) is 6.32. The van der Waals surface area contributed by atoms with E-state index in [-0.39, 0.29) is 18.3 Å². The van der Waals surface area contributed by atoms with Crippen molar-refractivity contribution in [3.8, 4) is 11.6 Å². The van der Waals surface area contributed by atoms with Crippen molar-refractivity contribution in [2.45, 2.75) is 20.3 Å². The van der Waals surface area contributed by atoms with E-state index in [4.69, 9.17) is 21.0 Å². The predicted molar refractivity (Wildman–Crippen MR) is 79.8 cm³/mol. The first-order valence-electron chi connectivity index (χ1n) is 6.59. The van der Waals surface area contributed by atoms with Gasteiger partial charge in [-0.3, -0.25) is 5.41 Å². The summed E-state index contributed by atoms with van der Waals surface area (Å²) in [6.45, 7) is 3.66. The van der Waals surface area contributed by atoms with Crippen molar-refractivity contribution < 1.29 is 9.84 Å². The Balaban J connectivity index is 2.45. The Morgan fingerprint density at radius 2 is 2.00 bits per heavy atom. The molecule has 1 heterocycles. The number of aryl methyl sites for hydroxylation is 1. The van der Waals surface area contributed by atoms with Crippen molar-refractivity contribution in [3.05, 3.63) is 46.6 Å². The lowest BCUT2D eigenvalue weighted by molar-refractivity contribution is 0.297. The van der Waals surface area contributed by atoms with E-state index >= 15 is 0 Å². The standard InChI is InChI=1S/C15H18N4O2/c1-9-10(2)18-19-15(13(9)14(16)17)21-12-6-4-3-5-11(12)7-8-20/h3-6,20H,7-8H2,1-2H3,(H3,16,17). The number of nitrogens with zero attached hydrogens (tertiary/aromatic N) is 2. The zero-order valence-corrected chi connectivity index (χ0v) is 12.1. The average molecular weight is 286 g/mol. The Labute approximate surface area is 123 Å². The van der Waals surface area contributed by atoms with Crippen molar-refractivity contribution in [1.82, 2.24) is 10.2 Å². The molecular weight excluding hydrogens is 268 g/mol. The summed E-state index contributed by atoms with van der Waals surface area (Å²) < 4.78 is 5.78. The minimum atomic E-state index is -0.111. The number of ether oxygens (including phenoxy) is 1. The summed E-state index contributed by atoms with van der Waals surface area (Å²) in [5.74, 6) is 0.669. The van der Waals surface area contributed by atoms with Gasteiger partial charge in [0.05, 0.1) is 11.3 Å². The Hall–Kier alpha value is -2.47. The van der Waals surface area contributed by atoms with Crippen molar-refractivity contribution in [2.75, 3.05) is 6.61 Å². The fourth-order valence-electron chi connectivity index (χ4n) is 2.01. The van der Waals surface area contributed by atoms with Gasteiger partial charge in [0.2, 0.25) is 5.88 Å².